The molecule has 2 atom stereocenters. The molecule has 3 heteroatoms. The summed E-state index contributed by atoms with van der Waals surface area (Å²) in [6.45, 7) is 0. The molecule has 0 radical (unpaired) electrons. The van der Waals surface area contributed by atoms with Crippen molar-refractivity contribution >= 4 is 11.8 Å². The van der Waals surface area contributed by atoms with Gasteiger partial charge in [0.2, 0.25) is 0 Å². The highest BCUT2D eigenvalue weighted by molar-refractivity contribution is 5.89. The Hall–Kier alpha value is -0.860. The number of carboxylic acid groups (broad SMARTS) is 1. The molecule has 88 valence electrons. The number of hydrogen-bond acceptors (Lipinski definition) is 2. The molecule has 0 aromatic carbocycles. The van der Waals surface area contributed by atoms with Crippen molar-refractivity contribution in [1.82, 2.24) is 0 Å². The van der Waals surface area contributed by atoms with Crippen LogP contribution < -0.4 is 0 Å². The van der Waals surface area contributed by atoms with Crippen molar-refractivity contribution < 1.29 is 14.7 Å². The number of carbonyl (C=O) groups is 2. The fourth-order valence-corrected chi connectivity index (χ4v) is 4.61. The molecule has 0 amide bonds. The van der Waals surface area contributed by atoms with E-state index in [-0.39, 0.29) is 17.8 Å². The predicted octanol–water partition coefficient (Wildman–Crippen LogP) is 2.25. The summed E-state index contributed by atoms with van der Waals surface area (Å²) in [7, 11) is 0. The summed E-state index contributed by atoms with van der Waals surface area (Å²) in [5.74, 6) is 1.34. The minimum absolute atomic E-state index is 0.165. The molecule has 4 bridgehead atoms. The van der Waals surface area contributed by atoms with Gasteiger partial charge >= 0.3 is 5.97 Å². The largest absolute Gasteiger partial charge is 0.481 e. The molecule has 1 N–H and O–H groups in total. The van der Waals surface area contributed by atoms with Crippen molar-refractivity contribution in [3.05, 3.63) is 0 Å². The Morgan fingerprint density at radius 1 is 1.25 bits per heavy atom. The SMILES string of the molecule is O=C(O)CCC12CC3CC(CC(C3)C1=O)C2. The van der Waals surface area contributed by atoms with E-state index in [1.165, 1.54) is 6.42 Å². The highest BCUT2D eigenvalue weighted by atomic mass is 16.4. The molecule has 4 aliphatic carbocycles. The zero-order chi connectivity index (χ0) is 11.3. The third-order valence-electron chi connectivity index (χ3n) is 4.97. The van der Waals surface area contributed by atoms with Crippen LogP contribution in [0.3, 0.4) is 0 Å². The second-order valence-electron chi connectivity index (χ2n) is 6.08. The third kappa shape index (κ3) is 1.40. The van der Waals surface area contributed by atoms with E-state index in [4.69, 9.17) is 5.11 Å². The molecule has 4 rings (SSSR count). The number of carbonyl (C=O) groups excluding carboxylic acids is 1. The van der Waals surface area contributed by atoms with E-state index in [0.29, 0.717) is 24.0 Å². The molecule has 0 aliphatic heterocycles. The number of carboxylic acids is 1. The van der Waals surface area contributed by atoms with Gasteiger partial charge in [-0.2, -0.15) is 0 Å². The first kappa shape index (κ1) is 10.3. The number of aliphatic carboxylic acids is 1. The molecular formula is C13H18O3. The summed E-state index contributed by atoms with van der Waals surface area (Å²) >= 11 is 0. The van der Waals surface area contributed by atoms with Crippen molar-refractivity contribution in [1.29, 1.82) is 0 Å². The molecule has 4 fully saturated rings. The molecular weight excluding hydrogens is 204 g/mol. The zero-order valence-electron chi connectivity index (χ0n) is 9.45. The van der Waals surface area contributed by atoms with Crippen molar-refractivity contribution in [3.8, 4) is 0 Å². The predicted molar refractivity (Wildman–Crippen MR) is 57.9 cm³/mol. The molecule has 2 unspecified atom stereocenters. The Bertz CT molecular complexity index is 333. The van der Waals surface area contributed by atoms with Gasteiger partial charge in [0.05, 0.1) is 0 Å². The van der Waals surface area contributed by atoms with Crippen LogP contribution in [-0.2, 0) is 9.59 Å². The highest BCUT2D eigenvalue weighted by Crippen LogP contribution is 2.59. The second kappa shape index (κ2) is 3.31. The summed E-state index contributed by atoms with van der Waals surface area (Å²) < 4.78 is 0. The molecule has 4 saturated carbocycles. The quantitative estimate of drug-likeness (QED) is 0.796. The molecule has 16 heavy (non-hydrogen) atoms. The van der Waals surface area contributed by atoms with Gasteiger partial charge in [0, 0.05) is 17.8 Å². The fourth-order valence-electron chi connectivity index (χ4n) is 4.61. The van der Waals surface area contributed by atoms with Crippen molar-refractivity contribution in [2.45, 2.75) is 44.9 Å². The smallest absolute Gasteiger partial charge is 0.303 e. The maximum Gasteiger partial charge on any atom is 0.303 e. The van der Waals surface area contributed by atoms with Gasteiger partial charge in [-0.3, -0.25) is 9.59 Å². The minimum atomic E-state index is -0.761. The third-order valence-corrected chi connectivity index (χ3v) is 4.97. The van der Waals surface area contributed by atoms with Crippen LogP contribution in [0.5, 0.6) is 0 Å². The van der Waals surface area contributed by atoms with Crippen LogP contribution in [0.4, 0.5) is 0 Å². The standard InChI is InChI=1S/C13H18O3/c14-11(15)1-2-13-6-8-3-9(7-13)5-10(4-8)12(13)16/h8-10H,1-7H2,(H,14,15). The van der Waals surface area contributed by atoms with Gasteiger partial charge in [0.25, 0.3) is 0 Å². The monoisotopic (exact) mass is 222 g/mol. The fraction of sp³-hybridized carbons (Fsp3) is 0.846. The first-order valence-corrected chi connectivity index (χ1v) is 6.35. The average molecular weight is 222 g/mol. The lowest BCUT2D eigenvalue weighted by molar-refractivity contribution is -0.155. The van der Waals surface area contributed by atoms with E-state index < -0.39 is 5.97 Å². The van der Waals surface area contributed by atoms with Crippen LogP contribution in [0, 0.1) is 23.2 Å². The summed E-state index contributed by atoms with van der Waals surface area (Å²) in [4.78, 5) is 23.0. The summed E-state index contributed by atoms with van der Waals surface area (Å²) in [6, 6.07) is 0. The first-order valence-electron chi connectivity index (χ1n) is 6.35. The zero-order valence-corrected chi connectivity index (χ0v) is 9.45. The van der Waals surface area contributed by atoms with Crippen molar-refractivity contribution in [2.75, 3.05) is 0 Å². The summed E-state index contributed by atoms with van der Waals surface area (Å²) in [6.07, 6.45) is 6.17. The lowest BCUT2D eigenvalue weighted by Crippen LogP contribution is -2.53. The van der Waals surface area contributed by atoms with E-state index in [1.54, 1.807) is 0 Å². The van der Waals surface area contributed by atoms with Crippen LogP contribution in [0.15, 0.2) is 0 Å². The van der Waals surface area contributed by atoms with E-state index in [0.717, 1.165) is 25.7 Å². The lowest BCUT2D eigenvalue weighted by Gasteiger charge is -2.55. The molecule has 0 heterocycles. The Kier molecular flexibility index (Phi) is 2.13. The summed E-state index contributed by atoms with van der Waals surface area (Å²) in [5, 5.41) is 8.79. The van der Waals surface area contributed by atoms with E-state index in [9.17, 15) is 9.59 Å². The van der Waals surface area contributed by atoms with Crippen LogP contribution in [0.25, 0.3) is 0 Å². The van der Waals surface area contributed by atoms with E-state index in [1.807, 2.05) is 0 Å². The van der Waals surface area contributed by atoms with E-state index in [2.05, 4.69) is 0 Å². The summed E-state index contributed by atoms with van der Waals surface area (Å²) in [5.41, 5.74) is -0.229. The van der Waals surface area contributed by atoms with E-state index >= 15 is 0 Å². The van der Waals surface area contributed by atoms with Gasteiger partial charge < -0.3 is 5.11 Å². The number of rotatable bonds is 3. The Morgan fingerprint density at radius 3 is 2.44 bits per heavy atom. The van der Waals surface area contributed by atoms with Crippen LogP contribution >= 0.6 is 0 Å². The Balaban J connectivity index is 1.82. The van der Waals surface area contributed by atoms with Gasteiger partial charge in [0.1, 0.15) is 5.78 Å². The van der Waals surface area contributed by atoms with Gasteiger partial charge in [-0.05, 0) is 50.4 Å². The lowest BCUT2D eigenvalue weighted by atomic mass is 9.48. The first-order chi connectivity index (χ1) is 7.59. The molecule has 0 aromatic rings. The van der Waals surface area contributed by atoms with Gasteiger partial charge in [0.15, 0.2) is 0 Å². The minimum Gasteiger partial charge on any atom is -0.481 e. The highest BCUT2D eigenvalue weighted by Gasteiger charge is 2.56. The number of hydrogen-bond donors (Lipinski definition) is 1. The average Bonchev–Trinajstić information content (AvgIpc) is 2.22. The second-order valence-corrected chi connectivity index (χ2v) is 6.08. The molecule has 0 saturated heterocycles. The van der Waals surface area contributed by atoms with Crippen molar-refractivity contribution in [3.63, 3.8) is 0 Å². The Morgan fingerprint density at radius 2 is 1.88 bits per heavy atom. The van der Waals surface area contributed by atoms with Crippen LogP contribution in [0.2, 0.25) is 0 Å². The normalized spacial score (nSPS) is 45.0. The molecule has 4 aliphatic rings. The topological polar surface area (TPSA) is 54.4 Å². The Labute approximate surface area is 95.2 Å². The van der Waals surface area contributed by atoms with Crippen LogP contribution in [-0.4, -0.2) is 16.9 Å². The maximum atomic E-state index is 12.3. The van der Waals surface area contributed by atoms with Gasteiger partial charge in [-0.1, -0.05) is 0 Å². The van der Waals surface area contributed by atoms with Gasteiger partial charge in [-0.25, -0.2) is 0 Å². The van der Waals surface area contributed by atoms with Gasteiger partial charge in [-0.15, -0.1) is 0 Å². The van der Waals surface area contributed by atoms with Crippen molar-refractivity contribution in [2.24, 2.45) is 23.2 Å². The number of Topliss-reactive ketones (excluding diaryl/α,β-unsaturated/α-hetero) is 1. The maximum absolute atomic E-state index is 12.3. The molecule has 0 spiro atoms. The van der Waals surface area contributed by atoms with Crippen LogP contribution in [0.1, 0.15) is 44.9 Å². The molecule has 0 aromatic heterocycles. The number of ketones is 1. The molecule has 3 nitrogen and oxygen atoms in total.